The summed E-state index contributed by atoms with van der Waals surface area (Å²) in [7, 11) is 0. The van der Waals surface area contributed by atoms with Gasteiger partial charge in [-0.15, -0.1) is 0 Å². The van der Waals surface area contributed by atoms with E-state index >= 15 is 0 Å². The Morgan fingerprint density at radius 3 is 2.63 bits per heavy atom. The first kappa shape index (κ1) is 13.3. The first-order valence-electron chi connectivity index (χ1n) is 6.27. The van der Waals surface area contributed by atoms with Crippen molar-refractivity contribution in [1.29, 1.82) is 5.26 Å². The molecule has 0 bridgehead atoms. The molecule has 1 aliphatic rings. The number of nitrogens with two attached hydrogens (primary N) is 1. The predicted molar refractivity (Wildman–Crippen MR) is 70.1 cm³/mol. The van der Waals surface area contributed by atoms with Crippen molar-refractivity contribution in [3.8, 4) is 6.07 Å². The van der Waals surface area contributed by atoms with Crippen molar-refractivity contribution in [1.82, 2.24) is 0 Å². The number of carbonyl (C=O) groups excluding carboxylic acids is 1. The third-order valence-corrected chi connectivity index (χ3v) is 3.70. The van der Waals surface area contributed by atoms with Crippen LogP contribution in [0.3, 0.4) is 0 Å². The van der Waals surface area contributed by atoms with E-state index in [0.29, 0.717) is 11.3 Å². The van der Waals surface area contributed by atoms with Crippen LogP contribution in [0.5, 0.6) is 0 Å². The van der Waals surface area contributed by atoms with E-state index in [-0.39, 0.29) is 5.56 Å². The molecule has 0 spiro atoms. The van der Waals surface area contributed by atoms with E-state index in [1.807, 2.05) is 0 Å². The lowest BCUT2D eigenvalue weighted by Crippen LogP contribution is -2.33. The number of nitriles is 1. The van der Waals surface area contributed by atoms with E-state index < -0.39 is 17.3 Å². The molecule has 100 valence electrons. The molecule has 0 aromatic heterocycles. The second-order valence-electron chi connectivity index (χ2n) is 4.99. The van der Waals surface area contributed by atoms with Gasteiger partial charge in [0.25, 0.3) is 5.91 Å². The molecule has 1 saturated carbocycles. The van der Waals surface area contributed by atoms with Gasteiger partial charge in [0.05, 0.1) is 11.6 Å². The average molecular weight is 261 g/mol. The SMILES string of the molecule is Cc1c(NC2(C#N)CCCC2)ccc(C(N)=O)c1F. The summed E-state index contributed by atoms with van der Waals surface area (Å²) >= 11 is 0. The number of halogens is 1. The summed E-state index contributed by atoms with van der Waals surface area (Å²) < 4.78 is 14.0. The Bertz CT molecular complexity index is 557. The highest BCUT2D eigenvalue weighted by atomic mass is 19.1. The van der Waals surface area contributed by atoms with Crippen molar-refractivity contribution < 1.29 is 9.18 Å². The van der Waals surface area contributed by atoms with Gasteiger partial charge in [0.1, 0.15) is 11.4 Å². The molecule has 0 unspecified atom stereocenters. The minimum Gasteiger partial charge on any atom is -0.367 e. The molecule has 5 heteroatoms. The third-order valence-electron chi connectivity index (χ3n) is 3.70. The van der Waals surface area contributed by atoms with Gasteiger partial charge in [-0.1, -0.05) is 0 Å². The van der Waals surface area contributed by atoms with Crippen LogP contribution in [0.15, 0.2) is 12.1 Å². The molecule has 0 heterocycles. The van der Waals surface area contributed by atoms with Crippen LogP contribution in [0.1, 0.15) is 41.6 Å². The number of amides is 1. The van der Waals surface area contributed by atoms with Crippen LogP contribution in [0, 0.1) is 24.1 Å². The second-order valence-corrected chi connectivity index (χ2v) is 4.99. The van der Waals surface area contributed by atoms with Crippen LogP contribution in [0.25, 0.3) is 0 Å². The molecule has 2 rings (SSSR count). The summed E-state index contributed by atoms with van der Waals surface area (Å²) in [5, 5.41) is 12.4. The Balaban J connectivity index is 2.34. The maximum absolute atomic E-state index is 14.0. The Hall–Kier alpha value is -2.09. The molecular weight excluding hydrogens is 245 g/mol. The maximum atomic E-state index is 14.0. The minimum absolute atomic E-state index is 0.125. The van der Waals surface area contributed by atoms with Gasteiger partial charge in [-0.2, -0.15) is 5.26 Å². The van der Waals surface area contributed by atoms with Crippen molar-refractivity contribution in [2.24, 2.45) is 5.73 Å². The molecule has 0 aliphatic heterocycles. The van der Waals surface area contributed by atoms with Gasteiger partial charge in [-0.3, -0.25) is 4.79 Å². The summed E-state index contributed by atoms with van der Waals surface area (Å²) in [5.41, 5.74) is 5.22. The highest BCUT2D eigenvalue weighted by Gasteiger charge is 2.34. The van der Waals surface area contributed by atoms with Crippen LogP contribution in [-0.4, -0.2) is 11.4 Å². The Labute approximate surface area is 111 Å². The number of hydrogen-bond acceptors (Lipinski definition) is 3. The number of benzene rings is 1. The fourth-order valence-corrected chi connectivity index (χ4v) is 2.51. The summed E-state index contributed by atoms with van der Waals surface area (Å²) in [4.78, 5) is 11.1. The molecular formula is C14H16FN3O. The van der Waals surface area contributed by atoms with Crippen molar-refractivity contribution in [2.75, 3.05) is 5.32 Å². The lowest BCUT2D eigenvalue weighted by atomic mass is 9.98. The van der Waals surface area contributed by atoms with Gasteiger partial charge in [0, 0.05) is 11.3 Å². The molecule has 19 heavy (non-hydrogen) atoms. The highest BCUT2D eigenvalue weighted by Crippen LogP contribution is 2.34. The van der Waals surface area contributed by atoms with Crippen molar-refractivity contribution >= 4 is 11.6 Å². The molecule has 1 aliphatic carbocycles. The Morgan fingerprint density at radius 2 is 2.11 bits per heavy atom. The number of rotatable bonds is 3. The van der Waals surface area contributed by atoms with Crippen molar-refractivity contribution in [3.05, 3.63) is 29.1 Å². The minimum atomic E-state index is -0.789. The molecule has 0 radical (unpaired) electrons. The first-order valence-corrected chi connectivity index (χ1v) is 6.27. The van der Waals surface area contributed by atoms with E-state index in [0.717, 1.165) is 25.7 Å². The first-order chi connectivity index (χ1) is 8.99. The molecule has 1 fully saturated rings. The fourth-order valence-electron chi connectivity index (χ4n) is 2.51. The molecule has 0 saturated heterocycles. The molecule has 1 aromatic rings. The summed E-state index contributed by atoms with van der Waals surface area (Å²) in [6, 6.07) is 5.25. The Morgan fingerprint density at radius 1 is 1.47 bits per heavy atom. The summed E-state index contributed by atoms with van der Waals surface area (Å²) in [5.74, 6) is -1.41. The van der Waals surface area contributed by atoms with Crippen LogP contribution in [0.4, 0.5) is 10.1 Å². The lowest BCUT2D eigenvalue weighted by molar-refractivity contribution is 0.0996. The van der Waals surface area contributed by atoms with Crippen LogP contribution >= 0.6 is 0 Å². The van der Waals surface area contributed by atoms with Crippen LogP contribution < -0.4 is 11.1 Å². The van der Waals surface area contributed by atoms with E-state index in [1.54, 1.807) is 13.0 Å². The number of nitrogens with one attached hydrogen (secondary N) is 1. The van der Waals surface area contributed by atoms with Crippen molar-refractivity contribution in [3.63, 3.8) is 0 Å². The normalized spacial score (nSPS) is 16.9. The summed E-state index contributed by atoms with van der Waals surface area (Å²) in [6.07, 6.45) is 3.48. The lowest BCUT2D eigenvalue weighted by Gasteiger charge is -2.25. The van der Waals surface area contributed by atoms with Crippen molar-refractivity contribution in [2.45, 2.75) is 38.1 Å². The second kappa shape index (κ2) is 4.88. The van der Waals surface area contributed by atoms with E-state index in [1.165, 1.54) is 6.07 Å². The topological polar surface area (TPSA) is 78.9 Å². The predicted octanol–water partition coefficient (Wildman–Crippen LogP) is 2.48. The number of carbonyl (C=O) groups is 1. The van der Waals surface area contributed by atoms with Gasteiger partial charge in [-0.25, -0.2) is 4.39 Å². The van der Waals surface area contributed by atoms with E-state index in [9.17, 15) is 14.4 Å². The van der Waals surface area contributed by atoms with Gasteiger partial charge in [0.2, 0.25) is 0 Å². The molecule has 0 atom stereocenters. The average Bonchev–Trinajstić information content (AvgIpc) is 2.84. The number of nitrogens with zero attached hydrogens (tertiary/aromatic N) is 1. The van der Waals surface area contributed by atoms with Gasteiger partial charge in [-0.05, 0) is 44.7 Å². The fraction of sp³-hybridized carbons (Fsp3) is 0.429. The highest BCUT2D eigenvalue weighted by molar-refractivity contribution is 5.93. The molecule has 3 N–H and O–H groups in total. The third kappa shape index (κ3) is 2.39. The van der Waals surface area contributed by atoms with Crippen LogP contribution in [0.2, 0.25) is 0 Å². The zero-order chi connectivity index (χ0) is 14.0. The summed E-state index contributed by atoms with van der Waals surface area (Å²) in [6.45, 7) is 1.57. The number of anilines is 1. The monoisotopic (exact) mass is 261 g/mol. The molecule has 4 nitrogen and oxygen atoms in total. The number of hydrogen-bond donors (Lipinski definition) is 2. The standard InChI is InChI=1S/C14H16FN3O/c1-9-11(5-4-10(12(9)15)13(17)19)18-14(8-16)6-2-3-7-14/h4-5,18H,2-3,6-7H2,1H3,(H2,17,19). The largest absolute Gasteiger partial charge is 0.367 e. The smallest absolute Gasteiger partial charge is 0.251 e. The quantitative estimate of drug-likeness (QED) is 0.877. The van der Waals surface area contributed by atoms with E-state index in [4.69, 9.17) is 5.73 Å². The van der Waals surface area contributed by atoms with E-state index in [2.05, 4.69) is 11.4 Å². The zero-order valence-electron chi connectivity index (χ0n) is 10.8. The van der Waals surface area contributed by atoms with Gasteiger partial charge >= 0.3 is 0 Å². The molecule has 1 aromatic carbocycles. The maximum Gasteiger partial charge on any atom is 0.251 e. The Kier molecular flexibility index (Phi) is 3.43. The zero-order valence-corrected chi connectivity index (χ0v) is 10.8. The van der Waals surface area contributed by atoms with Gasteiger partial charge in [0.15, 0.2) is 0 Å². The number of primary amides is 1. The van der Waals surface area contributed by atoms with Gasteiger partial charge < -0.3 is 11.1 Å². The van der Waals surface area contributed by atoms with Crippen LogP contribution in [-0.2, 0) is 0 Å². The molecule has 1 amide bonds.